The van der Waals surface area contributed by atoms with E-state index in [1.165, 1.54) is 25.7 Å². The lowest BCUT2D eigenvalue weighted by atomic mass is 9.78. The van der Waals surface area contributed by atoms with Crippen LogP contribution in [0.25, 0.3) is 0 Å². The summed E-state index contributed by atoms with van der Waals surface area (Å²) in [6.07, 6.45) is 5.68. The fraction of sp³-hybridized carbons (Fsp3) is 1.00. The van der Waals surface area contributed by atoms with Crippen molar-refractivity contribution in [1.29, 1.82) is 0 Å². The maximum absolute atomic E-state index is 5.60. The number of alkyl halides is 1. The minimum Gasteiger partial charge on any atom is -0.303 e. The minimum atomic E-state index is 0.436. The van der Waals surface area contributed by atoms with E-state index in [1.54, 1.807) is 0 Å². The number of hydrogen-bond acceptors (Lipinski definition) is 1. The van der Waals surface area contributed by atoms with Crippen LogP contribution in [0.1, 0.15) is 39.5 Å². The van der Waals surface area contributed by atoms with Crippen molar-refractivity contribution in [2.75, 3.05) is 12.5 Å². The van der Waals surface area contributed by atoms with Crippen molar-refractivity contribution in [2.24, 2.45) is 11.3 Å². The van der Waals surface area contributed by atoms with Crippen molar-refractivity contribution in [2.45, 2.75) is 39.5 Å². The Hall–Kier alpha value is 0.250. The maximum atomic E-state index is 5.60. The van der Waals surface area contributed by atoms with E-state index in [1.807, 2.05) is 0 Å². The molecule has 1 aliphatic rings. The Morgan fingerprint density at radius 3 is 2.42 bits per heavy atom. The van der Waals surface area contributed by atoms with E-state index >= 15 is 0 Å². The third-order valence-electron chi connectivity index (χ3n) is 3.14. The Kier molecular flexibility index (Phi) is 3.85. The van der Waals surface area contributed by atoms with Gasteiger partial charge in [0.05, 0.1) is 6.00 Å². The van der Waals surface area contributed by atoms with Crippen LogP contribution in [0.4, 0.5) is 0 Å². The first kappa shape index (κ1) is 10.3. The van der Waals surface area contributed by atoms with Crippen molar-refractivity contribution in [1.82, 2.24) is 5.32 Å². The standard InChI is InChI=1S/C10H20ClN/c1-10(2,7-12-8-11)9-5-3-4-6-9/h9,12H,3-8H2,1-2H3. The summed E-state index contributed by atoms with van der Waals surface area (Å²) < 4.78 is 0. The van der Waals surface area contributed by atoms with Crippen molar-refractivity contribution in [3.63, 3.8) is 0 Å². The average molecular weight is 190 g/mol. The van der Waals surface area contributed by atoms with Gasteiger partial charge in [-0.25, -0.2) is 0 Å². The van der Waals surface area contributed by atoms with Crippen LogP contribution in [0.2, 0.25) is 0 Å². The van der Waals surface area contributed by atoms with E-state index in [9.17, 15) is 0 Å². The molecule has 0 radical (unpaired) electrons. The second-order valence-electron chi connectivity index (χ2n) is 4.53. The fourth-order valence-corrected chi connectivity index (χ4v) is 2.32. The molecule has 0 atom stereocenters. The second kappa shape index (κ2) is 4.48. The van der Waals surface area contributed by atoms with E-state index in [-0.39, 0.29) is 0 Å². The van der Waals surface area contributed by atoms with Gasteiger partial charge in [0.1, 0.15) is 0 Å². The Morgan fingerprint density at radius 1 is 1.33 bits per heavy atom. The van der Waals surface area contributed by atoms with Crippen LogP contribution >= 0.6 is 11.6 Å². The summed E-state index contributed by atoms with van der Waals surface area (Å²) in [4.78, 5) is 0. The van der Waals surface area contributed by atoms with E-state index < -0.39 is 0 Å². The van der Waals surface area contributed by atoms with Crippen LogP contribution in [0.5, 0.6) is 0 Å². The topological polar surface area (TPSA) is 12.0 Å². The van der Waals surface area contributed by atoms with Gasteiger partial charge in [-0.3, -0.25) is 0 Å². The molecule has 0 heterocycles. The van der Waals surface area contributed by atoms with Crippen LogP contribution < -0.4 is 5.32 Å². The summed E-state index contributed by atoms with van der Waals surface area (Å²) >= 11 is 5.60. The van der Waals surface area contributed by atoms with E-state index in [4.69, 9.17) is 11.6 Å². The third-order valence-corrected chi connectivity index (χ3v) is 3.32. The molecule has 1 rings (SSSR count). The van der Waals surface area contributed by atoms with Gasteiger partial charge in [0.15, 0.2) is 0 Å². The molecule has 0 aromatic heterocycles. The van der Waals surface area contributed by atoms with Crippen LogP contribution in [0.3, 0.4) is 0 Å². The van der Waals surface area contributed by atoms with Gasteiger partial charge in [0.2, 0.25) is 0 Å². The lowest BCUT2D eigenvalue weighted by Gasteiger charge is -2.31. The number of halogens is 1. The lowest BCUT2D eigenvalue weighted by molar-refractivity contribution is 0.212. The van der Waals surface area contributed by atoms with Gasteiger partial charge in [0.25, 0.3) is 0 Å². The van der Waals surface area contributed by atoms with Crippen molar-refractivity contribution in [3.05, 3.63) is 0 Å². The lowest BCUT2D eigenvalue weighted by Crippen LogP contribution is -2.34. The summed E-state index contributed by atoms with van der Waals surface area (Å²) in [7, 11) is 0. The molecule has 12 heavy (non-hydrogen) atoms. The first-order valence-electron chi connectivity index (χ1n) is 4.93. The van der Waals surface area contributed by atoms with Crippen molar-refractivity contribution >= 4 is 11.6 Å². The molecule has 0 spiro atoms. The predicted molar refractivity (Wildman–Crippen MR) is 54.5 cm³/mol. The van der Waals surface area contributed by atoms with Gasteiger partial charge in [-0.2, -0.15) is 0 Å². The van der Waals surface area contributed by atoms with Gasteiger partial charge < -0.3 is 5.32 Å². The van der Waals surface area contributed by atoms with Gasteiger partial charge in [0, 0.05) is 6.54 Å². The molecule has 1 nitrogen and oxygen atoms in total. The van der Waals surface area contributed by atoms with E-state index in [0.29, 0.717) is 11.4 Å². The highest BCUT2D eigenvalue weighted by Crippen LogP contribution is 2.38. The van der Waals surface area contributed by atoms with Gasteiger partial charge in [-0.1, -0.05) is 26.7 Å². The van der Waals surface area contributed by atoms with Gasteiger partial charge in [-0.15, -0.1) is 11.6 Å². The van der Waals surface area contributed by atoms with Gasteiger partial charge >= 0.3 is 0 Å². The molecule has 1 aliphatic carbocycles. The molecule has 0 aromatic carbocycles. The Balaban J connectivity index is 2.34. The molecule has 1 saturated carbocycles. The van der Waals surface area contributed by atoms with Crippen LogP contribution in [-0.4, -0.2) is 12.5 Å². The van der Waals surface area contributed by atoms with Crippen LogP contribution in [0, 0.1) is 11.3 Å². The summed E-state index contributed by atoms with van der Waals surface area (Å²) in [5.41, 5.74) is 0.436. The zero-order valence-electron chi connectivity index (χ0n) is 8.20. The molecular formula is C10H20ClN. The highest BCUT2D eigenvalue weighted by atomic mass is 35.5. The molecule has 72 valence electrons. The second-order valence-corrected chi connectivity index (χ2v) is 4.80. The third kappa shape index (κ3) is 2.63. The molecule has 0 amide bonds. The zero-order valence-corrected chi connectivity index (χ0v) is 8.95. The number of hydrogen-bond donors (Lipinski definition) is 1. The minimum absolute atomic E-state index is 0.436. The van der Waals surface area contributed by atoms with E-state index in [0.717, 1.165) is 12.5 Å². The molecule has 0 bridgehead atoms. The molecule has 2 heteroatoms. The Labute approximate surface area is 80.9 Å². The Morgan fingerprint density at radius 2 is 1.92 bits per heavy atom. The number of rotatable bonds is 4. The molecular weight excluding hydrogens is 170 g/mol. The van der Waals surface area contributed by atoms with Crippen LogP contribution in [-0.2, 0) is 0 Å². The highest BCUT2D eigenvalue weighted by molar-refractivity contribution is 6.17. The Bertz CT molecular complexity index is 128. The molecule has 1 N–H and O–H groups in total. The van der Waals surface area contributed by atoms with Crippen molar-refractivity contribution in [3.8, 4) is 0 Å². The number of nitrogens with one attached hydrogen (secondary N) is 1. The zero-order chi connectivity index (χ0) is 9.03. The molecule has 0 aromatic rings. The van der Waals surface area contributed by atoms with E-state index in [2.05, 4.69) is 19.2 Å². The summed E-state index contributed by atoms with van der Waals surface area (Å²) in [6.45, 7) is 5.76. The first-order valence-corrected chi connectivity index (χ1v) is 5.47. The first-order chi connectivity index (χ1) is 5.67. The monoisotopic (exact) mass is 189 g/mol. The van der Waals surface area contributed by atoms with Crippen molar-refractivity contribution < 1.29 is 0 Å². The average Bonchev–Trinajstić information content (AvgIpc) is 2.53. The predicted octanol–water partition coefficient (Wildman–Crippen LogP) is 2.99. The quantitative estimate of drug-likeness (QED) is 0.530. The summed E-state index contributed by atoms with van der Waals surface area (Å²) in [5.74, 6) is 0.910. The summed E-state index contributed by atoms with van der Waals surface area (Å²) in [6, 6.07) is 0.580. The largest absolute Gasteiger partial charge is 0.303 e. The normalized spacial score (nSPS) is 20.2. The molecule has 0 aliphatic heterocycles. The maximum Gasteiger partial charge on any atom is 0.0713 e. The smallest absolute Gasteiger partial charge is 0.0713 e. The van der Waals surface area contributed by atoms with Gasteiger partial charge in [-0.05, 0) is 24.2 Å². The van der Waals surface area contributed by atoms with Crippen LogP contribution in [0.15, 0.2) is 0 Å². The molecule has 0 unspecified atom stereocenters. The highest BCUT2D eigenvalue weighted by Gasteiger charge is 2.30. The SMILES string of the molecule is CC(C)(CNCCl)C1CCCC1. The fourth-order valence-electron chi connectivity index (χ4n) is 2.22. The molecule has 0 saturated heterocycles. The summed E-state index contributed by atoms with van der Waals surface area (Å²) in [5, 5.41) is 3.23. The molecule has 1 fully saturated rings.